The highest BCUT2D eigenvalue weighted by molar-refractivity contribution is 6.32. The number of H-pyrrole nitrogens is 1. The molecule has 0 unspecified atom stereocenters. The van der Waals surface area contributed by atoms with Crippen molar-refractivity contribution in [3.05, 3.63) is 52.9 Å². The minimum atomic E-state index is -0.0960. The molecule has 3 aliphatic rings. The van der Waals surface area contributed by atoms with Gasteiger partial charge in [-0.05, 0) is 31.0 Å². The van der Waals surface area contributed by atoms with Crippen LogP contribution in [0.3, 0.4) is 0 Å². The van der Waals surface area contributed by atoms with E-state index in [0.29, 0.717) is 40.1 Å². The topological polar surface area (TPSA) is 97.5 Å². The molecule has 9 heteroatoms. The van der Waals surface area contributed by atoms with E-state index in [0.717, 1.165) is 42.8 Å². The fourth-order valence-corrected chi connectivity index (χ4v) is 5.12. The summed E-state index contributed by atoms with van der Waals surface area (Å²) in [5.74, 6) is 1.30. The number of nitrogens with zero attached hydrogens (tertiary/aromatic N) is 1. The second-order valence-corrected chi connectivity index (χ2v) is 9.24. The third-order valence-electron chi connectivity index (χ3n) is 6.92. The zero-order chi connectivity index (χ0) is 23.2. The average Bonchev–Trinajstić information content (AvgIpc) is 3.14. The van der Waals surface area contributed by atoms with Gasteiger partial charge in [0, 0.05) is 42.4 Å². The molecule has 0 spiro atoms. The molecule has 1 saturated carbocycles. The molecule has 0 bridgehead atoms. The van der Waals surface area contributed by atoms with Crippen LogP contribution in [0, 0.1) is 0 Å². The number of aromatic amines is 1. The molecule has 3 N–H and O–H groups in total. The van der Waals surface area contributed by atoms with Gasteiger partial charge in [0.15, 0.2) is 5.75 Å². The number of fused-ring (bicyclic) bond motifs is 3. The molecule has 1 aliphatic carbocycles. The van der Waals surface area contributed by atoms with E-state index in [-0.39, 0.29) is 24.0 Å². The highest BCUT2D eigenvalue weighted by Gasteiger charge is 2.43. The van der Waals surface area contributed by atoms with Gasteiger partial charge in [0.1, 0.15) is 12.4 Å². The molecule has 1 saturated heterocycles. The Labute approximate surface area is 202 Å². The SMILES string of the molecule is COc1c(Cl)cccc1Nc1c(-c2ccncc2OC[C@H]2CCO2)[nH]c2c1C(=O)N[C@H]1CC[C@@H]21. The maximum atomic E-state index is 13.2. The van der Waals surface area contributed by atoms with Crippen molar-refractivity contribution in [2.45, 2.75) is 37.3 Å². The van der Waals surface area contributed by atoms with Gasteiger partial charge >= 0.3 is 0 Å². The number of carbonyl (C=O) groups excluding carboxylic acids is 1. The molecule has 3 atom stereocenters. The predicted octanol–water partition coefficient (Wildman–Crippen LogP) is 4.64. The number of anilines is 2. The molecule has 3 aromatic rings. The molecule has 6 rings (SSSR count). The van der Waals surface area contributed by atoms with Crippen LogP contribution in [0.5, 0.6) is 11.5 Å². The van der Waals surface area contributed by atoms with Crippen LogP contribution in [0.2, 0.25) is 5.02 Å². The number of carbonyl (C=O) groups is 1. The Balaban J connectivity index is 1.47. The summed E-state index contributed by atoms with van der Waals surface area (Å²) < 4.78 is 17.2. The van der Waals surface area contributed by atoms with E-state index in [1.165, 1.54) is 0 Å². The molecular weight excluding hydrogens is 456 g/mol. The lowest BCUT2D eigenvalue weighted by atomic mass is 9.74. The molecule has 2 fully saturated rings. The smallest absolute Gasteiger partial charge is 0.255 e. The second-order valence-electron chi connectivity index (χ2n) is 8.84. The first-order valence-corrected chi connectivity index (χ1v) is 11.9. The van der Waals surface area contributed by atoms with Crippen molar-refractivity contribution < 1.29 is 19.0 Å². The van der Waals surface area contributed by atoms with E-state index in [2.05, 4.69) is 20.6 Å². The van der Waals surface area contributed by atoms with E-state index >= 15 is 0 Å². The quantitative estimate of drug-likeness (QED) is 0.456. The zero-order valence-corrected chi connectivity index (χ0v) is 19.4. The minimum absolute atomic E-state index is 0.0960. The monoisotopic (exact) mass is 480 g/mol. The normalized spacial score (nSPS) is 22.5. The fraction of sp³-hybridized carbons (Fsp3) is 0.360. The number of amides is 1. The van der Waals surface area contributed by atoms with Crippen molar-refractivity contribution in [1.29, 1.82) is 0 Å². The lowest BCUT2D eigenvalue weighted by Crippen LogP contribution is -2.49. The van der Waals surface area contributed by atoms with Crippen molar-refractivity contribution >= 4 is 28.9 Å². The zero-order valence-electron chi connectivity index (χ0n) is 18.7. The Morgan fingerprint density at radius 3 is 2.88 bits per heavy atom. The molecule has 2 aromatic heterocycles. The standard InChI is InChI=1S/C25H25ClN4O4/c1-32-24-16(26)3-2-4-18(24)28-23-20-21(14-5-6-17(14)29-25(20)31)30-22(23)15-7-9-27-11-19(15)34-12-13-8-10-33-13/h2-4,7,9,11,13-14,17,28,30H,5-6,8,10,12H2,1H3,(H,29,31)/t13-,14-,17+/m1/s1. The maximum Gasteiger partial charge on any atom is 0.255 e. The number of halogens is 1. The molecular formula is C25H25ClN4O4. The molecule has 34 heavy (non-hydrogen) atoms. The summed E-state index contributed by atoms with van der Waals surface area (Å²) in [5, 5.41) is 7.08. The lowest BCUT2D eigenvalue weighted by Gasteiger charge is -2.40. The van der Waals surface area contributed by atoms with Gasteiger partial charge in [0.05, 0.1) is 47.1 Å². The number of benzene rings is 1. The maximum absolute atomic E-state index is 13.2. The molecule has 176 valence electrons. The van der Waals surface area contributed by atoms with E-state index in [9.17, 15) is 4.79 Å². The van der Waals surface area contributed by atoms with Gasteiger partial charge in [-0.25, -0.2) is 0 Å². The van der Waals surface area contributed by atoms with E-state index in [1.54, 1.807) is 25.6 Å². The summed E-state index contributed by atoms with van der Waals surface area (Å²) in [4.78, 5) is 21.0. The number of aromatic nitrogens is 2. The lowest BCUT2D eigenvalue weighted by molar-refractivity contribution is -0.0720. The molecule has 2 aliphatic heterocycles. The van der Waals surface area contributed by atoms with Gasteiger partial charge in [-0.3, -0.25) is 9.78 Å². The number of hydrogen-bond donors (Lipinski definition) is 3. The van der Waals surface area contributed by atoms with Crippen molar-refractivity contribution in [2.24, 2.45) is 0 Å². The third kappa shape index (κ3) is 3.49. The van der Waals surface area contributed by atoms with Crippen LogP contribution < -0.4 is 20.1 Å². The first-order valence-electron chi connectivity index (χ1n) is 11.5. The Morgan fingerprint density at radius 1 is 1.26 bits per heavy atom. The number of pyridine rings is 1. The van der Waals surface area contributed by atoms with Crippen LogP contribution in [0.4, 0.5) is 11.4 Å². The average molecular weight is 481 g/mol. The van der Waals surface area contributed by atoms with Crippen LogP contribution in [-0.2, 0) is 4.74 Å². The summed E-state index contributed by atoms with van der Waals surface area (Å²) in [6.45, 7) is 1.22. The van der Waals surface area contributed by atoms with E-state index < -0.39 is 0 Å². The Hall–Kier alpha value is -3.23. The van der Waals surface area contributed by atoms with Gasteiger partial charge < -0.3 is 29.8 Å². The van der Waals surface area contributed by atoms with Crippen LogP contribution in [-0.4, -0.2) is 48.3 Å². The molecule has 0 radical (unpaired) electrons. The Bertz CT molecular complexity index is 1260. The summed E-state index contributed by atoms with van der Waals surface area (Å²) in [5.41, 5.74) is 4.47. The highest BCUT2D eigenvalue weighted by Crippen LogP contribution is 2.49. The van der Waals surface area contributed by atoms with E-state index in [1.807, 2.05) is 18.2 Å². The van der Waals surface area contributed by atoms with Crippen molar-refractivity contribution in [3.63, 3.8) is 0 Å². The van der Waals surface area contributed by atoms with Crippen LogP contribution in [0.25, 0.3) is 11.3 Å². The number of hydrogen-bond acceptors (Lipinski definition) is 6. The number of methoxy groups -OCH3 is 1. The van der Waals surface area contributed by atoms with Crippen molar-refractivity contribution in [1.82, 2.24) is 15.3 Å². The first kappa shape index (κ1) is 21.3. The van der Waals surface area contributed by atoms with Gasteiger partial charge in [-0.2, -0.15) is 0 Å². The van der Waals surface area contributed by atoms with Gasteiger partial charge in [0.2, 0.25) is 0 Å². The molecule has 8 nitrogen and oxygen atoms in total. The van der Waals surface area contributed by atoms with Crippen LogP contribution in [0.15, 0.2) is 36.7 Å². The summed E-state index contributed by atoms with van der Waals surface area (Å²) in [6.07, 6.45) is 6.51. The summed E-state index contributed by atoms with van der Waals surface area (Å²) >= 11 is 6.37. The largest absolute Gasteiger partial charge is 0.493 e. The minimum Gasteiger partial charge on any atom is -0.493 e. The van der Waals surface area contributed by atoms with Gasteiger partial charge in [-0.15, -0.1) is 0 Å². The molecule has 1 amide bonds. The second kappa shape index (κ2) is 8.52. The summed E-state index contributed by atoms with van der Waals surface area (Å²) in [6, 6.07) is 7.54. The van der Waals surface area contributed by atoms with Crippen LogP contribution >= 0.6 is 11.6 Å². The predicted molar refractivity (Wildman–Crippen MR) is 128 cm³/mol. The van der Waals surface area contributed by atoms with Crippen molar-refractivity contribution in [3.8, 4) is 22.8 Å². The summed E-state index contributed by atoms with van der Waals surface area (Å²) in [7, 11) is 1.57. The third-order valence-corrected chi connectivity index (χ3v) is 7.22. The highest BCUT2D eigenvalue weighted by atomic mass is 35.5. The van der Waals surface area contributed by atoms with Crippen molar-refractivity contribution in [2.75, 3.05) is 25.6 Å². The number of rotatable bonds is 7. The Kier molecular flexibility index (Phi) is 5.34. The number of ether oxygens (including phenoxy) is 3. The first-order chi connectivity index (χ1) is 16.6. The fourth-order valence-electron chi connectivity index (χ4n) is 4.87. The molecule has 4 heterocycles. The Morgan fingerprint density at radius 2 is 2.15 bits per heavy atom. The van der Waals surface area contributed by atoms with E-state index in [4.69, 9.17) is 25.8 Å². The number of nitrogens with one attached hydrogen (secondary N) is 3. The van der Waals surface area contributed by atoms with Gasteiger partial charge in [0.25, 0.3) is 5.91 Å². The van der Waals surface area contributed by atoms with Crippen LogP contribution in [0.1, 0.15) is 41.2 Å². The molecule has 1 aromatic carbocycles. The van der Waals surface area contributed by atoms with Gasteiger partial charge in [-0.1, -0.05) is 17.7 Å². The number of para-hydroxylation sites is 1.